The first-order valence-electron chi connectivity index (χ1n) is 6.89. The largest absolute Gasteiger partial charge is 0.473 e. The van der Waals surface area contributed by atoms with Crippen LogP contribution >= 0.6 is 0 Å². The van der Waals surface area contributed by atoms with Crippen molar-refractivity contribution in [3.63, 3.8) is 0 Å². The predicted molar refractivity (Wildman–Crippen MR) is 81.9 cm³/mol. The topological polar surface area (TPSA) is 91.3 Å². The van der Waals surface area contributed by atoms with E-state index in [1.165, 1.54) is 12.1 Å². The van der Waals surface area contributed by atoms with Crippen molar-refractivity contribution in [2.24, 2.45) is 0 Å². The molecule has 0 bridgehead atoms. The van der Waals surface area contributed by atoms with Crippen molar-refractivity contribution in [1.29, 1.82) is 0 Å². The number of nitro groups is 1. The van der Waals surface area contributed by atoms with Gasteiger partial charge in [0.2, 0.25) is 5.88 Å². The zero-order valence-corrected chi connectivity index (χ0v) is 12.3. The summed E-state index contributed by atoms with van der Waals surface area (Å²) in [7, 11) is 0. The van der Waals surface area contributed by atoms with Gasteiger partial charge in [-0.1, -0.05) is 35.5 Å². The quantitative estimate of drug-likeness (QED) is 0.528. The van der Waals surface area contributed by atoms with Crippen LogP contribution in [0.5, 0.6) is 5.88 Å². The van der Waals surface area contributed by atoms with E-state index in [4.69, 9.17) is 9.26 Å². The van der Waals surface area contributed by atoms with Crippen LogP contribution in [-0.2, 0) is 6.61 Å². The molecule has 0 saturated heterocycles. The molecule has 116 valence electrons. The molecule has 0 atom stereocenters. The van der Waals surface area contributed by atoms with Gasteiger partial charge in [0.15, 0.2) is 0 Å². The third-order valence-electron chi connectivity index (χ3n) is 3.33. The smallest absolute Gasteiger partial charge is 0.287 e. The van der Waals surface area contributed by atoms with Gasteiger partial charge >= 0.3 is 0 Å². The fraction of sp³-hybridized carbons (Fsp3) is 0.125. The molecule has 0 amide bonds. The first-order valence-corrected chi connectivity index (χ1v) is 6.89. The molecule has 0 spiro atoms. The van der Waals surface area contributed by atoms with Crippen molar-refractivity contribution < 1.29 is 14.2 Å². The highest BCUT2D eigenvalue weighted by molar-refractivity contribution is 5.63. The molecule has 0 unspecified atom stereocenters. The summed E-state index contributed by atoms with van der Waals surface area (Å²) < 4.78 is 10.8. The monoisotopic (exact) mass is 311 g/mol. The molecule has 2 aromatic heterocycles. The van der Waals surface area contributed by atoms with Gasteiger partial charge in [0.1, 0.15) is 24.3 Å². The molecule has 0 N–H and O–H groups in total. The average molecular weight is 311 g/mol. The van der Waals surface area contributed by atoms with Gasteiger partial charge in [0.25, 0.3) is 5.69 Å². The molecule has 0 aliphatic rings. The lowest BCUT2D eigenvalue weighted by Gasteiger charge is -2.05. The Morgan fingerprint density at radius 1 is 1.22 bits per heavy atom. The van der Waals surface area contributed by atoms with Crippen molar-refractivity contribution in [3.8, 4) is 17.1 Å². The average Bonchev–Trinajstić information content (AvgIpc) is 2.95. The Morgan fingerprint density at radius 3 is 2.65 bits per heavy atom. The number of benzene rings is 1. The molecule has 23 heavy (non-hydrogen) atoms. The second kappa shape index (κ2) is 6.27. The molecule has 0 aliphatic heterocycles. The number of hydrogen-bond acceptors (Lipinski definition) is 6. The fourth-order valence-electron chi connectivity index (χ4n) is 2.10. The first-order chi connectivity index (χ1) is 11.1. The van der Waals surface area contributed by atoms with Gasteiger partial charge in [-0.2, -0.15) is 0 Å². The van der Waals surface area contributed by atoms with E-state index in [2.05, 4.69) is 10.1 Å². The summed E-state index contributed by atoms with van der Waals surface area (Å²) in [6.45, 7) is 2.02. The van der Waals surface area contributed by atoms with E-state index in [9.17, 15) is 10.1 Å². The van der Waals surface area contributed by atoms with Crippen molar-refractivity contribution in [3.05, 3.63) is 70.1 Å². The summed E-state index contributed by atoms with van der Waals surface area (Å²) in [5.74, 6) is 0.959. The second-order valence-corrected chi connectivity index (χ2v) is 4.83. The molecular formula is C16H13N3O4. The van der Waals surface area contributed by atoms with Crippen molar-refractivity contribution in [2.45, 2.75) is 13.5 Å². The number of aromatic nitrogens is 2. The highest BCUT2D eigenvalue weighted by atomic mass is 16.6. The van der Waals surface area contributed by atoms with Gasteiger partial charge in [0, 0.05) is 17.7 Å². The van der Waals surface area contributed by atoms with Crippen molar-refractivity contribution >= 4 is 5.69 Å². The fourth-order valence-corrected chi connectivity index (χ4v) is 2.10. The minimum atomic E-state index is -0.506. The molecule has 1 aromatic carbocycles. The Balaban J connectivity index is 1.78. The van der Waals surface area contributed by atoms with Gasteiger partial charge in [-0.05, 0) is 6.92 Å². The summed E-state index contributed by atoms with van der Waals surface area (Å²) in [5, 5.41) is 14.7. The molecule has 0 fully saturated rings. The lowest BCUT2D eigenvalue weighted by atomic mass is 10.1. The molecular weight excluding hydrogens is 298 g/mol. The van der Waals surface area contributed by atoms with E-state index in [0.717, 1.165) is 17.3 Å². The summed E-state index contributed by atoms with van der Waals surface area (Å²) in [5.41, 5.74) is 2.38. The standard InChI is InChI=1S/C16H13N3O4/c1-11-14(16(18-23-11)12-5-3-2-4-6-12)10-22-15-8-7-13(9-17-15)19(20)21/h2-9H,10H2,1H3. The Morgan fingerprint density at radius 2 is 2.00 bits per heavy atom. The Bertz CT molecular complexity index is 813. The van der Waals surface area contributed by atoms with E-state index in [1.54, 1.807) is 6.92 Å². The van der Waals surface area contributed by atoms with Crippen LogP contribution < -0.4 is 4.74 Å². The minimum Gasteiger partial charge on any atom is -0.473 e. The van der Waals surface area contributed by atoms with Crippen LogP contribution in [0.25, 0.3) is 11.3 Å². The number of hydrogen-bond donors (Lipinski definition) is 0. The zero-order valence-electron chi connectivity index (χ0n) is 12.3. The molecule has 3 rings (SSSR count). The van der Waals surface area contributed by atoms with Crippen LogP contribution in [0.4, 0.5) is 5.69 Å². The molecule has 0 saturated carbocycles. The van der Waals surface area contributed by atoms with Crippen LogP contribution in [-0.4, -0.2) is 15.1 Å². The molecule has 2 heterocycles. The maximum atomic E-state index is 10.6. The normalized spacial score (nSPS) is 10.5. The molecule has 7 nitrogen and oxygen atoms in total. The number of ether oxygens (including phenoxy) is 1. The van der Waals surface area contributed by atoms with E-state index in [1.807, 2.05) is 30.3 Å². The lowest BCUT2D eigenvalue weighted by molar-refractivity contribution is -0.385. The molecule has 7 heteroatoms. The molecule has 3 aromatic rings. The van der Waals surface area contributed by atoms with Crippen LogP contribution in [0.3, 0.4) is 0 Å². The summed E-state index contributed by atoms with van der Waals surface area (Å²) in [6.07, 6.45) is 1.16. The third-order valence-corrected chi connectivity index (χ3v) is 3.33. The highest BCUT2D eigenvalue weighted by Gasteiger charge is 2.15. The SMILES string of the molecule is Cc1onc(-c2ccccc2)c1COc1ccc([N+](=O)[O-])cn1. The van der Waals surface area contributed by atoms with Gasteiger partial charge in [-0.25, -0.2) is 4.98 Å². The summed E-state index contributed by atoms with van der Waals surface area (Å²) in [4.78, 5) is 14.0. The van der Waals surface area contributed by atoms with Crippen LogP contribution in [0.15, 0.2) is 53.2 Å². The predicted octanol–water partition coefficient (Wildman–Crippen LogP) is 3.53. The maximum Gasteiger partial charge on any atom is 0.287 e. The van der Waals surface area contributed by atoms with E-state index < -0.39 is 4.92 Å². The van der Waals surface area contributed by atoms with Crippen molar-refractivity contribution in [2.75, 3.05) is 0 Å². The Kier molecular flexibility index (Phi) is 4.01. The third kappa shape index (κ3) is 3.18. The van der Waals surface area contributed by atoms with Gasteiger partial charge in [-0.15, -0.1) is 0 Å². The number of nitrogens with zero attached hydrogens (tertiary/aromatic N) is 3. The Hall–Kier alpha value is -3.22. The van der Waals surface area contributed by atoms with E-state index in [0.29, 0.717) is 17.3 Å². The second-order valence-electron chi connectivity index (χ2n) is 4.83. The minimum absolute atomic E-state index is 0.0801. The van der Waals surface area contributed by atoms with Crippen LogP contribution in [0, 0.1) is 17.0 Å². The summed E-state index contributed by atoms with van der Waals surface area (Å²) in [6, 6.07) is 12.4. The lowest BCUT2D eigenvalue weighted by Crippen LogP contribution is -2.00. The summed E-state index contributed by atoms with van der Waals surface area (Å²) >= 11 is 0. The van der Waals surface area contributed by atoms with Crippen LogP contribution in [0.1, 0.15) is 11.3 Å². The zero-order chi connectivity index (χ0) is 16.2. The number of pyridine rings is 1. The number of aryl methyl sites for hydroxylation is 1. The van der Waals surface area contributed by atoms with Gasteiger partial charge in [0.05, 0.1) is 10.5 Å². The van der Waals surface area contributed by atoms with E-state index in [-0.39, 0.29) is 12.3 Å². The maximum absolute atomic E-state index is 10.6. The van der Waals surface area contributed by atoms with Crippen LogP contribution in [0.2, 0.25) is 0 Å². The van der Waals surface area contributed by atoms with Crippen molar-refractivity contribution in [1.82, 2.24) is 10.1 Å². The van der Waals surface area contributed by atoms with Gasteiger partial charge in [-0.3, -0.25) is 10.1 Å². The van der Waals surface area contributed by atoms with E-state index >= 15 is 0 Å². The Labute approximate surface area is 131 Å². The number of rotatable bonds is 5. The first kappa shape index (κ1) is 14.7. The molecule has 0 aliphatic carbocycles. The molecule has 0 radical (unpaired) electrons. The highest BCUT2D eigenvalue weighted by Crippen LogP contribution is 2.26. The van der Waals surface area contributed by atoms with Gasteiger partial charge < -0.3 is 9.26 Å².